The molecule has 1 aliphatic heterocycles. The molecule has 1 heterocycles. The Morgan fingerprint density at radius 1 is 1.19 bits per heavy atom. The number of ether oxygens (including phenoxy) is 1. The van der Waals surface area contributed by atoms with E-state index >= 15 is 0 Å². The van der Waals surface area contributed by atoms with E-state index < -0.39 is 0 Å². The molecule has 1 aromatic carbocycles. The highest BCUT2D eigenvalue weighted by molar-refractivity contribution is 5.85. The van der Waals surface area contributed by atoms with Crippen LogP contribution >= 0.6 is 12.4 Å². The molecule has 1 aliphatic rings. The Balaban J connectivity index is 0.00000128. The van der Waals surface area contributed by atoms with Gasteiger partial charge in [0.1, 0.15) is 0 Å². The Bertz CT molecular complexity index is 334. The first-order valence-electron chi connectivity index (χ1n) is 5.60. The summed E-state index contributed by atoms with van der Waals surface area (Å²) in [5, 5.41) is 3.38. The first-order chi connectivity index (χ1) is 7.28. The molecule has 90 valence electrons. The molecule has 1 fully saturated rings. The monoisotopic (exact) mass is 241 g/mol. The van der Waals surface area contributed by atoms with Crippen LogP contribution in [0.4, 0.5) is 0 Å². The van der Waals surface area contributed by atoms with Crippen molar-refractivity contribution < 1.29 is 4.74 Å². The highest BCUT2D eigenvalue weighted by Gasteiger charge is 2.34. The van der Waals surface area contributed by atoms with Crippen LogP contribution in [0.2, 0.25) is 0 Å². The van der Waals surface area contributed by atoms with Crippen molar-refractivity contribution in [2.45, 2.75) is 25.4 Å². The van der Waals surface area contributed by atoms with Crippen LogP contribution in [0.1, 0.15) is 24.0 Å². The normalized spacial score (nSPS) is 18.9. The fourth-order valence-corrected chi connectivity index (χ4v) is 2.50. The molecule has 0 atom stereocenters. The number of rotatable bonds is 2. The third kappa shape index (κ3) is 2.40. The molecule has 16 heavy (non-hydrogen) atoms. The van der Waals surface area contributed by atoms with Gasteiger partial charge in [0.25, 0.3) is 0 Å². The summed E-state index contributed by atoms with van der Waals surface area (Å²) in [5.41, 5.74) is 2.63. The van der Waals surface area contributed by atoms with Gasteiger partial charge in [0.15, 0.2) is 0 Å². The minimum absolute atomic E-state index is 0. The van der Waals surface area contributed by atoms with Crippen molar-refractivity contribution in [3.63, 3.8) is 0 Å². The predicted molar refractivity (Wildman–Crippen MR) is 69.2 cm³/mol. The van der Waals surface area contributed by atoms with Crippen LogP contribution in [-0.2, 0) is 10.3 Å². The molecule has 2 nitrogen and oxygen atoms in total. The number of methoxy groups -OCH3 is 1. The zero-order chi connectivity index (χ0) is 10.7. The zero-order valence-corrected chi connectivity index (χ0v) is 10.8. The molecule has 2 rings (SSSR count). The molecule has 0 amide bonds. The van der Waals surface area contributed by atoms with Gasteiger partial charge in [0, 0.05) is 7.11 Å². The number of aryl methyl sites for hydroxylation is 1. The number of benzene rings is 1. The lowest BCUT2D eigenvalue weighted by molar-refractivity contribution is -0.0395. The van der Waals surface area contributed by atoms with Gasteiger partial charge in [-0.25, -0.2) is 0 Å². The predicted octanol–water partition coefficient (Wildman–Crippen LogP) is 2.64. The second-order valence-corrected chi connectivity index (χ2v) is 4.26. The molecule has 1 saturated heterocycles. The SMILES string of the molecule is COC1(c2ccccc2C)CCNCC1.Cl. The fourth-order valence-electron chi connectivity index (χ4n) is 2.50. The van der Waals surface area contributed by atoms with E-state index in [1.54, 1.807) is 0 Å². The van der Waals surface area contributed by atoms with Gasteiger partial charge in [0.2, 0.25) is 0 Å². The third-order valence-electron chi connectivity index (χ3n) is 3.44. The lowest BCUT2D eigenvalue weighted by atomic mass is 9.82. The summed E-state index contributed by atoms with van der Waals surface area (Å²) in [7, 11) is 1.83. The van der Waals surface area contributed by atoms with Gasteiger partial charge in [-0.3, -0.25) is 0 Å². The Kier molecular flexibility index (Phi) is 4.78. The van der Waals surface area contributed by atoms with Gasteiger partial charge in [-0.1, -0.05) is 24.3 Å². The summed E-state index contributed by atoms with van der Waals surface area (Å²) in [4.78, 5) is 0. The Hall–Kier alpha value is -0.570. The summed E-state index contributed by atoms with van der Waals surface area (Å²) in [5.74, 6) is 0. The van der Waals surface area contributed by atoms with Gasteiger partial charge in [-0.2, -0.15) is 0 Å². The van der Waals surface area contributed by atoms with Crippen LogP contribution in [0, 0.1) is 6.92 Å². The van der Waals surface area contributed by atoms with Crippen LogP contribution in [0.5, 0.6) is 0 Å². The first-order valence-corrected chi connectivity index (χ1v) is 5.60. The largest absolute Gasteiger partial charge is 0.373 e. The van der Waals surface area contributed by atoms with Crippen molar-refractivity contribution in [2.75, 3.05) is 20.2 Å². The summed E-state index contributed by atoms with van der Waals surface area (Å²) in [6.45, 7) is 4.25. The number of nitrogens with one attached hydrogen (secondary N) is 1. The van der Waals surface area contributed by atoms with E-state index in [-0.39, 0.29) is 18.0 Å². The quantitative estimate of drug-likeness (QED) is 0.860. The highest BCUT2D eigenvalue weighted by atomic mass is 35.5. The molecule has 0 radical (unpaired) electrons. The average Bonchev–Trinajstić information content (AvgIpc) is 2.30. The molecule has 0 spiro atoms. The number of piperidine rings is 1. The van der Waals surface area contributed by atoms with Gasteiger partial charge in [0.05, 0.1) is 5.60 Å². The van der Waals surface area contributed by atoms with Crippen molar-refractivity contribution >= 4 is 12.4 Å². The van der Waals surface area contributed by atoms with E-state index in [1.807, 2.05) is 7.11 Å². The molecule has 1 N–H and O–H groups in total. The molecule has 0 saturated carbocycles. The fraction of sp³-hybridized carbons (Fsp3) is 0.538. The summed E-state index contributed by atoms with van der Waals surface area (Å²) in [6.07, 6.45) is 2.13. The number of hydrogen-bond acceptors (Lipinski definition) is 2. The minimum atomic E-state index is -0.0589. The Morgan fingerprint density at radius 3 is 2.38 bits per heavy atom. The van der Waals surface area contributed by atoms with Crippen LogP contribution in [0.25, 0.3) is 0 Å². The second-order valence-electron chi connectivity index (χ2n) is 4.26. The average molecular weight is 242 g/mol. The maximum atomic E-state index is 5.81. The number of hydrogen-bond donors (Lipinski definition) is 1. The summed E-state index contributed by atoms with van der Waals surface area (Å²) >= 11 is 0. The molecular formula is C13H20ClNO. The third-order valence-corrected chi connectivity index (χ3v) is 3.44. The topological polar surface area (TPSA) is 21.3 Å². The molecule has 0 aromatic heterocycles. The van der Waals surface area contributed by atoms with Crippen LogP contribution in [0.15, 0.2) is 24.3 Å². The van der Waals surface area contributed by atoms with Gasteiger partial charge in [-0.15, -0.1) is 12.4 Å². The maximum Gasteiger partial charge on any atom is 0.0954 e. The number of halogens is 1. The van der Waals surface area contributed by atoms with Crippen LogP contribution in [0.3, 0.4) is 0 Å². The summed E-state index contributed by atoms with van der Waals surface area (Å²) in [6, 6.07) is 8.55. The second kappa shape index (κ2) is 5.67. The lowest BCUT2D eigenvalue weighted by Gasteiger charge is -2.37. The highest BCUT2D eigenvalue weighted by Crippen LogP contribution is 2.35. The van der Waals surface area contributed by atoms with E-state index in [2.05, 4.69) is 36.5 Å². The van der Waals surface area contributed by atoms with E-state index in [0.717, 1.165) is 25.9 Å². The van der Waals surface area contributed by atoms with Crippen molar-refractivity contribution in [3.8, 4) is 0 Å². The Morgan fingerprint density at radius 2 is 1.81 bits per heavy atom. The van der Waals surface area contributed by atoms with Gasteiger partial charge >= 0.3 is 0 Å². The first kappa shape index (κ1) is 13.5. The van der Waals surface area contributed by atoms with Gasteiger partial charge in [-0.05, 0) is 44.0 Å². The minimum Gasteiger partial charge on any atom is -0.373 e. The molecular weight excluding hydrogens is 222 g/mol. The van der Waals surface area contributed by atoms with Crippen molar-refractivity contribution in [1.82, 2.24) is 5.32 Å². The van der Waals surface area contributed by atoms with Crippen molar-refractivity contribution in [2.24, 2.45) is 0 Å². The standard InChI is InChI=1S/C13H19NO.ClH/c1-11-5-3-4-6-12(11)13(15-2)7-9-14-10-8-13;/h3-6,14H,7-10H2,1-2H3;1H. The molecule has 3 heteroatoms. The smallest absolute Gasteiger partial charge is 0.0954 e. The van der Waals surface area contributed by atoms with E-state index in [1.165, 1.54) is 11.1 Å². The molecule has 0 unspecified atom stereocenters. The van der Waals surface area contributed by atoms with Crippen LogP contribution in [-0.4, -0.2) is 20.2 Å². The Labute approximate surface area is 104 Å². The van der Waals surface area contributed by atoms with E-state index in [9.17, 15) is 0 Å². The summed E-state index contributed by atoms with van der Waals surface area (Å²) < 4.78 is 5.81. The van der Waals surface area contributed by atoms with Gasteiger partial charge < -0.3 is 10.1 Å². The van der Waals surface area contributed by atoms with E-state index in [4.69, 9.17) is 4.74 Å². The van der Waals surface area contributed by atoms with E-state index in [0.29, 0.717) is 0 Å². The molecule has 1 aromatic rings. The lowest BCUT2D eigenvalue weighted by Crippen LogP contribution is -2.41. The van der Waals surface area contributed by atoms with Crippen LogP contribution < -0.4 is 5.32 Å². The van der Waals surface area contributed by atoms with Crippen molar-refractivity contribution in [1.29, 1.82) is 0 Å². The zero-order valence-electron chi connectivity index (χ0n) is 9.95. The maximum absolute atomic E-state index is 5.81. The van der Waals surface area contributed by atoms with Crippen molar-refractivity contribution in [3.05, 3.63) is 35.4 Å². The molecule has 0 aliphatic carbocycles. The molecule has 0 bridgehead atoms.